The van der Waals surface area contributed by atoms with Gasteiger partial charge in [-0.25, -0.2) is 4.39 Å². The van der Waals surface area contributed by atoms with E-state index in [9.17, 15) is 9.18 Å². The first-order valence-electron chi connectivity index (χ1n) is 8.85. The molecule has 1 aliphatic rings. The molecule has 144 valence electrons. The molecule has 1 saturated heterocycles. The molecule has 2 aromatic carbocycles. The largest absolute Gasteiger partial charge is 0.379 e. The minimum atomic E-state index is -0.308. The molecule has 1 atom stereocenters. The van der Waals surface area contributed by atoms with Gasteiger partial charge in [-0.15, -0.1) is 11.8 Å². The van der Waals surface area contributed by atoms with Crippen LogP contribution in [0.25, 0.3) is 0 Å². The molecule has 2 aromatic rings. The molecule has 0 bridgehead atoms. The summed E-state index contributed by atoms with van der Waals surface area (Å²) in [6, 6.07) is 14.1. The molecule has 1 aliphatic heterocycles. The first-order valence-corrected chi connectivity index (χ1v) is 10.2. The highest BCUT2D eigenvalue weighted by atomic mass is 35.5. The second-order valence-corrected chi connectivity index (χ2v) is 7.63. The summed E-state index contributed by atoms with van der Waals surface area (Å²) in [5.74, 6) is -0.273. The zero-order valence-corrected chi connectivity index (χ0v) is 16.4. The molecule has 1 N–H and O–H groups in total. The Morgan fingerprint density at radius 1 is 1.19 bits per heavy atom. The molecular weight excluding hydrogens is 387 g/mol. The van der Waals surface area contributed by atoms with Crippen molar-refractivity contribution in [3.63, 3.8) is 0 Å². The summed E-state index contributed by atoms with van der Waals surface area (Å²) in [7, 11) is 0. The van der Waals surface area contributed by atoms with Gasteiger partial charge in [-0.05, 0) is 23.8 Å². The molecule has 0 unspecified atom stereocenters. The maximum Gasteiger partial charge on any atom is 0.230 e. The lowest BCUT2D eigenvalue weighted by molar-refractivity contribution is -0.118. The first-order chi connectivity index (χ1) is 13.1. The number of ether oxygens (including phenoxy) is 1. The predicted octanol–water partition coefficient (Wildman–Crippen LogP) is 3.76. The van der Waals surface area contributed by atoms with Crippen molar-refractivity contribution in [2.24, 2.45) is 0 Å². The smallest absolute Gasteiger partial charge is 0.230 e. The number of thioether (sulfide) groups is 1. The number of hydrogen-bond acceptors (Lipinski definition) is 4. The SMILES string of the molecule is O=C(CSc1ccccc1F)NC[C@H](c1ccccc1Cl)N1CCOCC1. The van der Waals surface area contributed by atoms with Crippen LogP contribution in [0.3, 0.4) is 0 Å². The van der Waals surface area contributed by atoms with Crippen molar-refractivity contribution in [3.05, 3.63) is 64.9 Å². The van der Waals surface area contributed by atoms with E-state index in [2.05, 4.69) is 10.2 Å². The van der Waals surface area contributed by atoms with Gasteiger partial charge in [0.15, 0.2) is 0 Å². The summed E-state index contributed by atoms with van der Waals surface area (Å²) in [5.41, 5.74) is 0.989. The number of halogens is 2. The van der Waals surface area contributed by atoms with Crippen LogP contribution in [-0.4, -0.2) is 49.4 Å². The maximum absolute atomic E-state index is 13.7. The van der Waals surface area contributed by atoms with E-state index in [0.717, 1.165) is 18.7 Å². The molecule has 0 saturated carbocycles. The Morgan fingerprint density at radius 2 is 1.89 bits per heavy atom. The van der Waals surface area contributed by atoms with Gasteiger partial charge in [0.25, 0.3) is 0 Å². The zero-order valence-electron chi connectivity index (χ0n) is 14.9. The molecule has 7 heteroatoms. The van der Waals surface area contributed by atoms with Crippen LogP contribution >= 0.6 is 23.4 Å². The van der Waals surface area contributed by atoms with Crippen molar-refractivity contribution in [2.45, 2.75) is 10.9 Å². The summed E-state index contributed by atoms with van der Waals surface area (Å²) in [5, 5.41) is 3.66. The molecule has 3 rings (SSSR count). The van der Waals surface area contributed by atoms with Crippen molar-refractivity contribution in [1.82, 2.24) is 10.2 Å². The fraction of sp³-hybridized carbons (Fsp3) is 0.350. The van der Waals surface area contributed by atoms with Gasteiger partial charge in [-0.3, -0.25) is 9.69 Å². The molecule has 0 radical (unpaired) electrons. The van der Waals surface area contributed by atoms with Crippen LogP contribution in [-0.2, 0) is 9.53 Å². The highest BCUT2D eigenvalue weighted by Crippen LogP contribution is 2.28. The lowest BCUT2D eigenvalue weighted by Crippen LogP contribution is -2.44. The van der Waals surface area contributed by atoms with Gasteiger partial charge >= 0.3 is 0 Å². The molecule has 0 spiro atoms. The topological polar surface area (TPSA) is 41.6 Å². The summed E-state index contributed by atoms with van der Waals surface area (Å²) in [4.78, 5) is 15.0. The van der Waals surface area contributed by atoms with Crippen LogP contribution in [0.1, 0.15) is 11.6 Å². The average Bonchev–Trinajstić information content (AvgIpc) is 2.69. The summed E-state index contributed by atoms with van der Waals surface area (Å²) in [6.45, 7) is 3.35. The highest BCUT2D eigenvalue weighted by molar-refractivity contribution is 8.00. The van der Waals surface area contributed by atoms with Crippen LogP contribution in [0.15, 0.2) is 53.4 Å². The predicted molar refractivity (Wildman–Crippen MR) is 107 cm³/mol. The van der Waals surface area contributed by atoms with E-state index < -0.39 is 0 Å². The normalized spacial score (nSPS) is 16.1. The van der Waals surface area contributed by atoms with E-state index >= 15 is 0 Å². The van der Waals surface area contributed by atoms with E-state index in [4.69, 9.17) is 16.3 Å². The fourth-order valence-corrected chi connectivity index (χ4v) is 4.07. The Balaban J connectivity index is 1.61. The number of nitrogens with one attached hydrogen (secondary N) is 1. The highest BCUT2D eigenvalue weighted by Gasteiger charge is 2.24. The van der Waals surface area contributed by atoms with Crippen LogP contribution in [0, 0.1) is 5.82 Å². The number of amides is 1. The Hall–Kier alpha value is -1.60. The van der Waals surface area contributed by atoms with Gasteiger partial charge in [0.05, 0.1) is 25.0 Å². The summed E-state index contributed by atoms with van der Waals surface area (Å²) >= 11 is 7.59. The minimum absolute atomic E-state index is 0.0231. The molecule has 1 heterocycles. The third-order valence-corrected chi connectivity index (χ3v) is 5.83. The van der Waals surface area contributed by atoms with Crippen molar-refractivity contribution < 1.29 is 13.9 Å². The van der Waals surface area contributed by atoms with Gasteiger partial charge in [0, 0.05) is 29.6 Å². The van der Waals surface area contributed by atoms with E-state index in [0.29, 0.717) is 29.7 Å². The number of morpholine rings is 1. The minimum Gasteiger partial charge on any atom is -0.379 e. The van der Waals surface area contributed by atoms with Crippen molar-refractivity contribution in [1.29, 1.82) is 0 Å². The van der Waals surface area contributed by atoms with Gasteiger partial charge in [0.2, 0.25) is 5.91 Å². The number of nitrogens with zero attached hydrogens (tertiary/aromatic N) is 1. The molecule has 1 fully saturated rings. The van der Waals surface area contributed by atoms with Crippen molar-refractivity contribution >= 4 is 29.3 Å². The summed E-state index contributed by atoms with van der Waals surface area (Å²) in [6.07, 6.45) is 0. The van der Waals surface area contributed by atoms with Gasteiger partial charge in [-0.2, -0.15) is 0 Å². The fourth-order valence-electron chi connectivity index (χ4n) is 3.04. The number of benzene rings is 2. The van der Waals surface area contributed by atoms with E-state index in [1.54, 1.807) is 18.2 Å². The van der Waals surface area contributed by atoms with E-state index in [1.165, 1.54) is 17.8 Å². The average molecular weight is 409 g/mol. The molecule has 1 amide bonds. The lowest BCUT2D eigenvalue weighted by atomic mass is 10.0. The van der Waals surface area contributed by atoms with Gasteiger partial charge in [0.1, 0.15) is 5.82 Å². The Kier molecular flexibility index (Phi) is 7.52. The summed E-state index contributed by atoms with van der Waals surface area (Å²) < 4.78 is 19.1. The molecule has 0 aromatic heterocycles. The van der Waals surface area contributed by atoms with Crippen LogP contribution in [0.4, 0.5) is 4.39 Å². The number of rotatable bonds is 7. The Bertz CT molecular complexity index is 771. The standard InChI is InChI=1S/C20H22ClFN2O2S/c21-16-6-2-1-5-15(16)18(24-9-11-26-12-10-24)13-23-20(25)14-27-19-8-4-3-7-17(19)22/h1-8,18H,9-14H2,(H,23,25)/t18-/m1/s1. The van der Waals surface area contributed by atoms with Gasteiger partial charge < -0.3 is 10.1 Å². The van der Waals surface area contributed by atoms with Crippen LogP contribution < -0.4 is 5.32 Å². The van der Waals surface area contributed by atoms with E-state index in [1.807, 2.05) is 24.3 Å². The molecule has 4 nitrogen and oxygen atoms in total. The number of hydrogen-bond donors (Lipinski definition) is 1. The first kappa shape index (κ1) is 20.1. The second kappa shape index (κ2) is 10.1. The van der Waals surface area contributed by atoms with Gasteiger partial charge in [-0.1, -0.05) is 41.9 Å². The molecule has 27 heavy (non-hydrogen) atoms. The van der Waals surface area contributed by atoms with Crippen molar-refractivity contribution in [3.8, 4) is 0 Å². The van der Waals surface area contributed by atoms with E-state index in [-0.39, 0.29) is 23.5 Å². The van der Waals surface area contributed by atoms with Crippen LogP contribution in [0.2, 0.25) is 5.02 Å². The number of carbonyl (C=O) groups excluding carboxylic acids is 1. The Morgan fingerprint density at radius 3 is 2.63 bits per heavy atom. The maximum atomic E-state index is 13.7. The second-order valence-electron chi connectivity index (χ2n) is 6.21. The monoisotopic (exact) mass is 408 g/mol. The number of carbonyl (C=O) groups is 1. The third-order valence-electron chi connectivity index (χ3n) is 4.44. The molecule has 0 aliphatic carbocycles. The third kappa shape index (κ3) is 5.69. The van der Waals surface area contributed by atoms with Crippen LogP contribution in [0.5, 0.6) is 0 Å². The van der Waals surface area contributed by atoms with Crippen molar-refractivity contribution in [2.75, 3.05) is 38.6 Å². The quantitative estimate of drug-likeness (QED) is 0.708. The Labute approximate surface area is 168 Å². The lowest BCUT2D eigenvalue weighted by Gasteiger charge is -2.35. The zero-order chi connectivity index (χ0) is 19.1. The molecular formula is C20H22ClFN2O2S.